The topological polar surface area (TPSA) is 32.3 Å². The van der Waals surface area contributed by atoms with Gasteiger partial charge >= 0.3 is 0 Å². The molecule has 2 nitrogen and oxygen atoms in total. The van der Waals surface area contributed by atoms with Gasteiger partial charge in [-0.1, -0.05) is 26.7 Å². The van der Waals surface area contributed by atoms with Gasteiger partial charge in [-0.05, 0) is 24.7 Å². The highest BCUT2D eigenvalue weighted by Crippen LogP contribution is 2.23. The third kappa shape index (κ3) is 3.11. The van der Waals surface area contributed by atoms with Crippen LogP contribution in [0.5, 0.6) is 0 Å². The molecule has 1 aliphatic rings. The summed E-state index contributed by atoms with van der Waals surface area (Å²) in [5, 5.41) is 12.7. The molecule has 1 atom stereocenters. The maximum absolute atomic E-state index is 9.48. The van der Waals surface area contributed by atoms with Crippen molar-refractivity contribution in [1.82, 2.24) is 5.32 Å². The van der Waals surface area contributed by atoms with Crippen LogP contribution in [0.15, 0.2) is 0 Å². The van der Waals surface area contributed by atoms with Gasteiger partial charge in [0.15, 0.2) is 0 Å². The molecule has 0 radical (unpaired) electrons. The molecule has 0 bridgehead atoms. The first-order chi connectivity index (χ1) is 5.70. The van der Waals surface area contributed by atoms with Gasteiger partial charge in [-0.2, -0.15) is 0 Å². The minimum absolute atomic E-state index is 0.314. The van der Waals surface area contributed by atoms with E-state index in [1.54, 1.807) is 0 Å². The van der Waals surface area contributed by atoms with Gasteiger partial charge in [0, 0.05) is 6.54 Å². The van der Waals surface area contributed by atoms with E-state index in [1.165, 1.54) is 25.7 Å². The molecule has 0 amide bonds. The van der Waals surface area contributed by atoms with Gasteiger partial charge in [-0.25, -0.2) is 0 Å². The average Bonchev–Trinajstić information content (AvgIpc) is 2.51. The molecule has 1 rings (SSSR count). The lowest BCUT2D eigenvalue weighted by Gasteiger charge is -2.18. The molecule has 0 spiro atoms. The predicted molar refractivity (Wildman–Crippen MR) is 50.8 cm³/mol. The van der Waals surface area contributed by atoms with Gasteiger partial charge in [-0.15, -0.1) is 0 Å². The van der Waals surface area contributed by atoms with Crippen LogP contribution in [0.1, 0.15) is 39.5 Å². The van der Waals surface area contributed by atoms with Crippen LogP contribution in [-0.4, -0.2) is 17.9 Å². The highest BCUT2D eigenvalue weighted by molar-refractivity contribution is 4.70. The zero-order valence-electron chi connectivity index (χ0n) is 8.21. The molecule has 1 saturated carbocycles. The van der Waals surface area contributed by atoms with Gasteiger partial charge in [0.2, 0.25) is 0 Å². The van der Waals surface area contributed by atoms with E-state index >= 15 is 0 Å². The van der Waals surface area contributed by atoms with E-state index in [1.807, 2.05) is 13.8 Å². The van der Waals surface area contributed by atoms with Crippen LogP contribution in [-0.2, 0) is 0 Å². The SMILES string of the molecule is CC(C)C(O)NCC1CCCC1. The molecule has 1 fully saturated rings. The first-order valence-corrected chi connectivity index (χ1v) is 5.11. The Morgan fingerprint density at radius 3 is 2.42 bits per heavy atom. The number of rotatable bonds is 4. The number of nitrogens with one attached hydrogen (secondary N) is 1. The standard InChI is InChI=1S/C10H21NO/c1-8(2)10(12)11-7-9-5-3-4-6-9/h8-12H,3-7H2,1-2H3. The van der Waals surface area contributed by atoms with Crippen molar-refractivity contribution in [3.05, 3.63) is 0 Å². The Hall–Kier alpha value is -0.0800. The van der Waals surface area contributed by atoms with E-state index in [2.05, 4.69) is 5.32 Å². The molecule has 0 aromatic carbocycles. The summed E-state index contributed by atoms with van der Waals surface area (Å²) in [4.78, 5) is 0. The molecule has 1 aliphatic carbocycles. The number of hydrogen-bond acceptors (Lipinski definition) is 2. The summed E-state index contributed by atoms with van der Waals surface area (Å²) in [5.41, 5.74) is 0. The zero-order chi connectivity index (χ0) is 8.97. The van der Waals surface area contributed by atoms with E-state index < -0.39 is 0 Å². The molecule has 0 aliphatic heterocycles. The lowest BCUT2D eigenvalue weighted by atomic mass is 10.1. The smallest absolute Gasteiger partial charge is 0.107 e. The monoisotopic (exact) mass is 171 g/mol. The second-order valence-electron chi connectivity index (χ2n) is 4.25. The fourth-order valence-corrected chi connectivity index (χ4v) is 1.74. The Morgan fingerprint density at radius 1 is 1.33 bits per heavy atom. The third-order valence-corrected chi connectivity index (χ3v) is 2.72. The molecule has 0 aromatic heterocycles. The van der Waals surface area contributed by atoms with Crippen molar-refractivity contribution in [2.75, 3.05) is 6.54 Å². The van der Waals surface area contributed by atoms with Gasteiger partial charge in [0.05, 0.1) is 0 Å². The van der Waals surface area contributed by atoms with Gasteiger partial charge in [-0.3, -0.25) is 5.32 Å². The quantitative estimate of drug-likeness (QED) is 0.631. The lowest BCUT2D eigenvalue weighted by molar-refractivity contribution is 0.0861. The summed E-state index contributed by atoms with van der Waals surface area (Å²) in [6, 6.07) is 0. The van der Waals surface area contributed by atoms with Crippen LogP contribution in [0, 0.1) is 11.8 Å². The van der Waals surface area contributed by atoms with Crippen molar-refractivity contribution in [1.29, 1.82) is 0 Å². The Kier molecular flexibility index (Phi) is 4.02. The Labute approximate surface area is 75.4 Å². The maximum Gasteiger partial charge on any atom is 0.107 e. The Balaban J connectivity index is 2.07. The summed E-state index contributed by atoms with van der Waals surface area (Å²) in [6.45, 7) is 5.07. The van der Waals surface area contributed by atoms with E-state index in [0.717, 1.165) is 12.5 Å². The molecule has 1 unspecified atom stereocenters. The third-order valence-electron chi connectivity index (χ3n) is 2.72. The fraction of sp³-hybridized carbons (Fsp3) is 1.00. The lowest BCUT2D eigenvalue weighted by Crippen LogP contribution is -2.36. The predicted octanol–water partition coefficient (Wildman–Crippen LogP) is 1.74. The van der Waals surface area contributed by atoms with Crippen molar-refractivity contribution in [3.8, 4) is 0 Å². The minimum atomic E-state index is -0.314. The molecule has 0 aromatic rings. The first kappa shape index (κ1) is 10.0. The van der Waals surface area contributed by atoms with E-state index in [0.29, 0.717) is 5.92 Å². The van der Waals surface area contributed by atoms with Crippen LogP contribution >= 0.6 is 0 Å². The molecular weight excluding hydrogens is 150 g/mol. The van der Waals surface area contributed by atoms with Crippen molar-refractivity contribution < 1.29 is 5.11 Å². The molecule has 0 saturated heterocycles. The van der Waals surface area contributed by atoms with E-state index in [9.17, 15) is 5.11 Å². The van der Waals surface area contributed by atoms with Crippen LogP contribution in [0.4, 0.5) is 0 Å². The van der Waals surface area contributed by atoms with Crippen LogP contribution in [0.25, 0.3) is 0 Å². The van der Waals surface area contributed by atoms with E-state index in [-0.39, 0.29) is 6.23 Å². The number of aliphatic hydroxyl groups excluding tert-OH is 1. The van der Waals surface area contributed by atoms with Crippen molar-refractivity contribution in [2.24, 2.45) is 11.8 Å². The van der Waals surface area contributed by atoms with Crippen molar-refractivity contribution in [3.63, 3.8) is 0 Å². The van der Waals surface area contributed by atoms with Gasteiger partial charge in [0.25, 0.3) is 0 Å². The summed E-state index contributed by atoms with van der Waals surface area (Å²) in [5.74, 6) is 1.14. The zero-order valence-corrected chi connectivity index (χ0v) is 8.21. The normalized spacial score (nSPS) is 22.0. The molecule has 2 N–H and O–H groups in total. The van der Waals surface area contributed by atoms with Crippen molar-refractivity contribution in [2.45, 2.75) is 45.8 Å². The van der Waals surface area contributed by atoms with Gasteiger partial charge < -0.3 is 5.11 Å². The molecule has 0 heterocycles. The highest BCUT2D eigenvalue weighted by atomic mass is 16.3. The first-order valence-electron chi connectivity index (χ1n) is 5.11. The average molecular weight is 171 g/mol. The fourth-order valence-electron chi connectivity index (χ4n) is 1.74. The summed E-state index contributed by atoms with van der Waals surface area (Å²) >= 11 is 0. The van der Waals surface area contributed by atoms with E-state index in [4.69, 9.17) is 0 Å². The minimum Gasteiger partial charge on any atom is -0.378 e. The Morgan fingerprint density at radius 2 is 1.92 bits per heavy atom. The van der Waals surface area contributed by atoms with Crippen molar-refractivity contribution >= 4 is 0 Å². The molecule has 72 valence electrons. The second-order valence-corrected chi connectivity index (χ2v) is 4.25. The molecule has 12 heavy (non-hydrogen) atoms. The highest BCUT2D eigenvalue weighted by Gasteiger charge is 2.16. The second kappa shape index (κ2) is 4.83. The Bertz CT molecular complexity index is 117. The molecular formula is C10H21NO. The number of aliphatic hydroxyl groups is 1. The summed E-state index contributed by atoms with van der Waals surface area (Å²) < 4.78 is 0. The largest absolute Gasteiger partial charge is 0.378 e. The maximum atomic E-state index is 9.48. The van der Waals surface area contributed by atoms with Crippen LogP contribution < -0.4 is 5.32 Å². The summed E-state index contributed by atoms with van der Waals surface area (Å²) in [7, 11) is 0. The molecule has 2 heteroatoms. The number of hydrogen-bond donors (Lipinski definition) is 2. The summed E-state index contributed by atoms with van der Waals surface area (Å²) in [6.07, 6.45) is 5.13. The van der Waals surface area contributed by atoms with Gasteiger partial charge in [0.1, 0.15) is 6.23 Å². The van der Waals surface area contributed by atoms with Crippen LogP contribution in [0.2, 0.25) is 0 Å². The van der Waals surface area contributed by atoms with Crippen LogP contribution in [0.3, 0.4) is 0 Å².